The molecule has 0 unspecified atom stereocenters. The highest BCUT2D eigenvalue weighted by atomic mass is 19.1. The number of nitrogens with one attached hydrogen (secondary N) is 1. The molecule has 3 aromatic rings. The average Bonchev–Trinajstić information content (AvgIpc) is 2.99. The largest absolute Gasteiger partial charge is 0.456 e. The van der Waals surface area contributed by atoms with Crippen molar-refractivity contribution in [1.29, 1.82) is 0 Å². The fourth-order valence-electron chi connectivity index (χ4n) is 2.27. The van der Waals surface area contributed by atoms with Gasteiger partial charge < -0.3 is 14.2 Å². The van der Waals surface area contributed by atoms with Crippen molar-refractivity contribution in [3.63, 3.8) is 0 Å². The normalized spacial score (nSPS) is 15.1. The third kappa shape index (κ3) is 2.23. The Balaban J connectivity index is 1.60. The fraction of sp³-hybridized carbons (Fsp3) is 0.250. The second kappa shape index (κ2) is 4.49. The first-order valence-electron chi connectivity index (χ1n) is 6.79. The number of fused-ring (bicyclic) bond motifs is 1. The van der Waals surface area contributed by atoms with Crippen molar-refractivity contribution in [3.05, 3.63) is 48.0 Å². The molecule has 0 saturated heterocycles. The van der Waals surface area contributed by atoms with Gasteiger partial charge in [0.2, 0.25) is 0 Å². The van der Waals surface area contributed by atoms with Gasteiger partial charge in [0.1, 0.15) is 17.2 Å². The lowest BCUT2D eigenvalue weighted by Crippen LogP contribution is -2.14. The highest BCUT2D eigenvalue weighted by Crippen LogP contribution is 2.29. The van der Waals surface area contributed by atoms with Crippen molar-refractivity contribution in [2.75, 3.05) is 0 Å². The first-order chi connectivity index (χ1) is 9.78. The average molecular weight is 271 g/mol. The molecule has 1 aromatic carbocycles. The van der Waals surface area contributed by atoms with Crippen LogP contribution in [-0.2, 0) is 6.54 Å². The molecule has 4 heteroatoms. The number of hydrogen-bond acceptors (Lipinski definition) is 3. The highest BCUT2D eigenvalue weighted by Gasteiger charge is 2.20. The minimum atomic E-state index is -0.265. The molecule has 20 heavy (non-hydrogen) atoms. The number of rotatable bonds is 4. The molecule has 1 N–H and O–H groups in total. The van der Waals surface area contributed by atoms with Gasteiger partial charge in [0, 0.05) is 11.4 Å². The van der Waals surface area contributed by atoms with E-state index < -0.39 is 0 Å². The van der Waals surface area contributed by atoms with Crippen LogP contribution in [-0.4, -0.2) is 6.04 Å². The van der Waals surface area contributed by atoms with Crippen LogP contribution in [0.25, 0.3) is 22.5 Å². The molecular weight excluding hydrogens is 257 g/mol. The van der Waals surface area contributed by atoms with Crippen LogP contribution >= 0.6 is 0 Å². The van der Waals surface area contributed by atoms with Gasteiger partial charge in [-0.2, -0.15) is 0 Å². The van der Waals surface area contributed by atoms with Crippen molar-refractivity contribution in [2.45, 2.75) is 25.4 Å². The number of hydrogen-bond donors (Lipinski definition) is 1. The molecule has 1 aliphatic rings. The maximum absolute atomic E-state index is 13.2. The Morgan fingerprint density at radius 2 is 1.95 bits per heavy atom. The second-order valence-corrected chi connectivity index (χ2v) is 5.21. The van der Waals surface area contributed by atoms with Crippen LogP contribution in [0.15, 0.2) is 45.2 Å². The van der Waals surface area contributed by atoms with Gasteiger partial charge in [-0.3, -0.25) is 0 Å². The Morgan fingerprint density at radius 1 is 1.05 bits per heavy atom. The van der Waals surface area contributed by atoms with Crippen LogP contribution in [0.5, 0.6) is 0 Å². The van der Waals surface area contributed by atoms with E-state index >= 15 is 0 Å². The molecule has 0 atom stereocenters. The molecular formula is C16H14FNO2. The molecule has 3 nitrogen and oxygen atoms in total. The summed E-state index contributed by atoms with van der Waals surface area (Å²) in [4.78, 5) is 0. The van der Waals surface area contributed by atoms with Crippen molar-refractivity contribution in [1.82, 2.24) is 5.32 Å². The maximum atomic E-state index is 13.2. The van der Waals surface area contributed by atoms with Gasteiger partial charge in [-0.15, -0.1) is 0 Å². The number of halogens is 1. The smallest absolute Gasteiger partial charge is 0.170 e. The molecule has 1 saturated carbocycles. The summed E-state index contributed by atoms with van der Waals surface area (Å²) in [7, 11) is 0. The second-order valence-electron chi connectivity index (χ2n) is 5.21. The number of furan rings is 2. The molecule has 0 radical (unpaired) electrons. The standard InChI is InChI=1S/C16H14FNO2/c17-11-1-5-14-10(7-11)8-16(20-14)15-6-4-13(19-15)9-18-12-2-3-12/h1,4-8,12,18H,2-3,9H2. The van der Waals surface area contributed by atoms with E-state index in [0.29, 0.717) is 23.1 Å². The number of benzene rings is 1. The van der Waals surface area contributed by atoms with E-state index in [-0.39, 0.29) is 5.82 Å². The van der Waals surface area contributed by atoms with Crippen molar-refractivity contribution in [2.24, 2.45) is 0 Å². The summed E-state index contributed by atoms with van der Waals surface area (Å²) in [6.07, 6.45) is 2.51. The molecule has 1 aliphatic carbocycles. The molecule has 0 aliphatic heterocycles. The Bertz CT molecular complexity index is 755. The van der Waals surface area contributed by atoms with Crippen LogP contribution in [0.1, 0.15) is 18.6 Å². The zero-order valence-electron chi connectivity index (χ0n) is 10.9. The molecule has 4 rings (SSSR count). The molecule has 102 valence electrons. The van der Waals surface area contributed by atoms with Gasteiger partial charge in [-0.05, 0) is 49.2 Å². The van der Waals surface area contributed by atoms with E-state index in [1.165, 1.54) is 25.0 Å². The molecule has 0 bridgehead atoms. The first-order valence-corrected chi connectivity index (χ1v) is 6.79. The third-order valence-corrected chi connectivity index (χ3v) is 3.53. The van der Waals surface area contributed by atoms with Crippen LogP contribution in [0.2, 0.25) is 0 Å². The predicted octanol–water partition coefficient (Wildman–Crippen LogP) is 4.08. The Labute approximate surface area is 115 Å². The van der Waals surface area contributed by atoms with Crippen molar-refractivity contribution in [3.8, 4) is 11.5 Å². The monoisotopic (exact) mass is 271 g/mol. The highest BCUT2D eigenvalue weighted by molar-refractivity contribution is 5.81. The zero-order chi connectivity index (χ0) is 13.5. The molecule has 0 spiro atoms. The first kappa shape index (κ1) is 11.7. The lowest BCUT2D eigenvalue weighted by atomic mass is 10.2. The maximum Gasteiger partial charge on any atom is 0.170 e. The molecule has 2 aromatic heterocycles. The van der Waals surface area contributed by atoms with Crippen LogP contribution < -0.4 is 5.32 Å². The van der Waals surface area contributed by atoms with Crippen molar-refractivity contribution < 1.29 is 13.2 Å². The fourth-order valence-corrected chi connectivity index (χ4v) is 2.27. The van der Waals surface area contributed by atoms with Gasteiger partial charge in [-0.1, -0.05) is 0 Å². The van der Waals surface area contributed by atoms with Crippen molar-refractivity contribution >= 4 is 11.0 Å². The zero-order valence-corrected chi connectivity index (χ0v) is 10.9. The van der Waals surface area contributed by atoms with E-state index in [2.05, 4.69) is 5.32 Å². The summed E-state index contributed by atoms with van der Waals surface area (Å²) in [5.41, 5.74) is 0.662. The Hall–Kier alpha value is -2.07. The summed E-state index contributed by atoms with van der Waals surface area (Å²) in [5.74, 6) is 1.93. The van der Waals surface area contributed by atoms with Gasteiger partial charge in [0.15, 0.2) is 11.5 Å². The molecule has 2 heterocycles. The topological polar surface area (TPSA) is 38.3 Å². The van der Waals surface area contributed by atoms with Crippen LogP contribution in [0.3, 0.4) is 0 Å². The summed E-state index contributed by atoms with van der Waals surface area (Å²) in [6, 6.07) is 10.8. The third-order valence-electron chi connectivity index (χ3n) is 3.53. The van der Waals surface area contributed by atoms with Gasteiger partial charge >= 0.3 is 0 Å². The van der Waals surface area contributed by atoms with Gasteiger partial charge in [-0.25, -0.2) is 4.39 Å². The Morgan fingerprint density at radius 3 is 2.80 bits per heavy atom. The van der Waals surface area contributed by atoms with E-state index in [4.69, 9.17) is 8.83 Å². The van der Waals surface area contributed by atoms with Gasteiger partial charge in [0.05, 0.1) is 6.54 Å². The SMILES string of the molecule is Fc1ccc2oc(-c3ccc(CNC4CC4)o3)cc2c1. The van der Waals surface area contributed by atoms with Gasteiger partial charge in [0.25, 0.3) is 0 Å². The lowest BCUT2D eigenvalue weighted by molar-refractivity contribution is 0.478. The van der Waals surface area contributed by atoms with E-state index in [0.717, 1.165) is 17.7 Å². The summed E-state index contributed by atoms with van der Waals surface area (Å²) < 4.78 is 24.6. The summed E-state index contributed by atoms with van der Waals surface area (Å²) in [5, 5.41) is 4.14. The van der Waals surface area contributed by atoms with Crippen LogP contribution in [0, 0.1) is 5.82 Å². The molecule has 1 fully saturated rings. The van der Waals surface area contributed by atoms with E-state index in [9.17, 15) is 4.39 Å². The minimum absolute atomic E-state index is 0.265. The predicted molar refractivity (Wildman–Crippen MR) is 73.7 cm³/mol. The van der Waals surface area contributed by atoms with E-state index in [1.807, 2.05) is 12.1 Å². The van der Waals surface area contributed by atoms with E-state index in [1.54, 1.807) is 12.1 Å². The molecule has 0 amide bonds. The van der Waals surface area contributed by atoms with Crippen LogP contribution in [0.4, 0.5) is 4.39 Å². The minimum Gasteiger partial charge on any atom is -0.456 e. The lowest BCUT2D eigenvalue weighted by Gasteiger charge is -1.97. The Kier molecular flexibility index (Phi) is 2.63. The summed E-state index contributed by atoms with van der Waals surface area (Å²) >= 11 is 0. The quantitative estimate of drug-likeness (QED) is 0.777. The summed E-state index contributed by atoms with van der Waals surface area (Å²) in [6.45, 7) is 0.736.